The largest absolute Gasteiger partial charge is 0.332 e. The summed E-state index contributed by atoms with van der Waals surface area (Å²) in [7, 11) is -3.04. The van der Waals surface area contributed by atoms with E-state index in [1.54, 1.807) is 0 Å². The zero-order valence-corrected chi connectivity index (χ0v) is 12.7. The Labute approximate surface area is 109 Å². The smallest absolute Gasteiger partial charge is 0.308 e. The van der Waals surface area contributed by atoms with Crippen LogP contribution in [0.15, 0.2) is 4.99 Å². The molecule has 17 heavy (non-hydrogen) atoms. The van der Waals surface area contributed by atoms with Gasteiger partial charge in [0.15, 0.2) is 0 Å². The molecule has 0 rings (SSSR count). The molecule has 0 N–H and O–H groups in total. The van der Waals surface area contributed by atoms with Crippen molar-refractivity contribution in [3.63, 3.8) is 0 Å². The Morgan fingerprint density at radius 1 is 1.18 bits per heavy atom. The van der Waals surface area contributed by atoms with Crippen LogP contribution < -0.4 is 0 Å². The molecule has 0 aliphatic rings. The van der Waals surface area contributed by atoms with Crippen molar-refractivity contribution in [1.82, 2.24) is 0 Å². The minimum Gasteiger partial charge on any atom is -0.308 e. The van der Waals surface area contributed by atoms with Crippen molar-refractivity contribution in [2.24, 2.45) is 16.8 Å². The monoisotopic (exact) mass is 279 g/mol. The number of hydrogen-bond donors (Lipinski definition) is 0. The second-order valence-electron chi connectivity index (χ2n) is 4.69. The highest BCUT2D eigenvalue weighted by Crippen LogP contribution is 2.48. The van der Waals surface area contributed by atoms with E-state index in [9.17, 15) is 4.57 Å². The Morgan fingerprint density at radius 2 is 1.65 bits per heavy atom. The molecule has 0 heterocycles. The number of isothiocyanates is 1. The lowest BCUT2D eigenvalue weighted by atomic mass is 10.2. The van der Waals surface area contributed by atoms with Gasteiger partial charge in [-0.05, 0) is 24.1 Å². The molecule has 0 aliphatic carbocycles. The Balaban J connectivity index is 4.33. The molecule has 0 spiro atoms. The second kappa shape index (κ2) is 8.96. The average Bonchev–Trinajstić information content (AvgIpc) is 2.24. The minimum absolute atomic E-state index is 0.260. The quantitative estimate of drug-likeness (QED) is 0.367. The molecule has 4 nitrogen and oxygen atoms in total. The van der Waals surface area contributed by atoms with Crippen molar-refractivity contribution < 1.29 is 13.6 Å². The fourth-order valence-electron chi connectivity index (χ4n) is 0.910. The van der Waals surface area contributed by atoms with Crippen molar-refractivity contribution >= 4 is 25.0 Å². The molecular weight excluding hydrogens is 257 g/mol. The molecule has 0 saturated carbocycles. The van der Waals surface area contributed by atoms with Gasteiger partial charge in [-0.3, -0.25) is 4.57 Å². The highest BCUT2D eigenvalue weighted by atomic mass is 32.1. The van der Waals surface area contributed by atoms with Crippen molar-refractivity contribution in [3.05, 3.63) is 0 Å². The van der Waals surface area contributed by atoms with E-state index >= 15 is 0 Å². The van der Waals surface area contributed by atoms with Gasteiger partial charge in [-0.25, -0.2) is 4.99 Å². The van der Waals surface area contributed by atoms with Crippen LogP contribution in [0.3, 0.4) is 0 Å². The Hall–Kier alpha value is -0.0500. The molecule has 0 atom stereocenters. The summed E-state index contributed by atoms with van der Waals surface area (Å²) in [6.07, 6.45) is 0.260. The van der Waals surface area contributed by atoms with Gasteiger partial charge in [-0.2, -0.15) is 0 Å². The average molecular weight is 279 g/mol. The molecule has 100 valence electrons. The summed E-state index contributed by atoms with van der Waals surface area (Å²) < 4.78 is 23.1. The van der Waals surface area contributed by atoms with Gasteiger partial charge in [0.2, 0.25) is 0 Å². The van der Waals surface area contributed by atoms with Crippen LogP contribution in [-0.2, 0) is 13.6 Å². The lowest BCUT2D eigenvalue weighted by molar-refractivity contribution is 0.173. The van der Waals surface area contributed by atoms with E-state index < -0.39 is 7.60 Å². The molecule has 0 aromatic rings. The predicted octanol–water partition coefficient (Wildman–Crippen LogP) is 3.63. The molecule has 0 radical (unpaired) electrons. The molecule has 0 aromatic heterocycles. The first-order valence-electron chi connectivity index (χ1n) is 5.81. The highest BCUT2D eigenvalue weighted by Gasteiger charge is 2.24. The van der Waals surface area contributed by atoms with Gasteiger partial charge in [-0.1, -0.05) is 27.7 Å². The first-order chi connectivity index (χ1) is 7.89. The maximum atomic E-state index is 12.3. The topological polar surface area (TPSA) is 47.9 Å². The minimum atomic E-state index is -3.04. The van der Waals surface area contributed by atoms with Crippen LogP contribution in [0.2, 0.25) is 0 Å². The summed E-state index contributed by atoms with van der Waals surface area (Å²) in [5.41, 5.74) is 0. The van der Waals surface area contributed by atoms with E-state index in [1.165, 1.54) is 0 Å². The van der Waals surface area contributed by atoms with E-state index in [1.807, 2.05) is 27.7 Å². The summed E-state index contributed by atoms with van der Waals surface area (Å²) in [6, 6.07) is 0. The first kappa shape index (κ1) is 16.9. The number of aliphatic imine (C=N–C) groups is 1. The molecule has 0 aliphatic heterocycles. The lowest BCUT2D eigenvalue weighted by Gasteiger charge is -2.20. The number of nitrogens with zero attached hydrogens (tertiary/aromatic N) is 1. The summed E-state index contributed by atoms with van der Waals surface area (Å²) in [5, 5.41) is 2.25. The lowest BCUT2D eigenvalue weighted by Crippen LogP contribution is -2.09. The molecule has 0 saturated heterocycles. The Kier molecular flexibility index (Phi) is 8.93. The Morgan fingerprint density at radius 3 is 2.00 bits per heavy atom. The molecular formula is C11H22NO3PS. The molecule has 0 bridgehead atoms. The Bertz CT molecular complexity index is 285. The van der Waals surface area contributed by atoms with Gasteiger partial charge in [0.25, 0.3) is 0 Å². The van der Waals surface area contributed by atoms with Crippen LogP contribution >= 0.6 is 19.8 Å². The fraction of sp³-hybridized carbons (Fsp3) is 0.909. The molecule has 0 unspecified atom stereocenters. The predicted molar refractivity (Wildman–Crippen MR) is 73.9 cm³/mol. The number of rotatable bonds is 9. The van der Waals surface area contributed by atoms with Gasteiger partial charge in [-0.15, -0.1) is 0 Å². The third kappa shape index (κ3) is 9.63. The third-order valence-electron chi connectivity index (χ3n) is 1.76. The molecule has 0 fully saturated rings. The standard InChI is InChI=1S/C11H22NO3PS/c1-10(2)7-14-16(13,6-5-12-9-17)15-8-11(3)4/h10-11H,5-8H2,1-4H3. The summed E-state index contributed by atoms with van der Waals surface area (Å²) in [6.45, 7) is 9.19. The van der Waals surface area contributed by atoms with Crippen LogP contribution in [0.1, 0.15) is 27.7 Å². The van der Waals surface area contributed by atoms with E-state index in [0.717, 1.165) is 0 Å². The van der Waals surface area contributed by atoms with Crippen LogP contribution in [0.25, 0.3) is 0 Å². The normalized spacial score (nSPS) is 11.9. The van der Waals surface area contributed by atoms with E-state index in [2.05, 4.69) is 22.4 Å². The van der Waals surface area contributed by atoms with Crippen LogP contribution in [-0.4, -0.2) is 31.1 Å². The van der Waals surface area contributed by atoms with Crippen molar-refractivity contribution in [3.8, 4) is 0 Å². The van der Waals surface area contributed by atoms with Crippen molar-refractivity contribution in [2.45, 2.75) is 27.7 Å². The second-order valence-corrected chi connectivity index (χ2v) is 7.05. The molecule has 6 heteroatoms. The summed E-state index contributed by atoms with van der Waals surface area (Å²) in [5.74, 6) is 0.639. The zero-order chi connectivity index (χ0) is 13.3. The zero-order valence-electron chi connectivity index (χ0n) is 11.0. The molecule has 0 aromatic carbocycles. The van der Waals surface area contributed by atoms with Gasteiger partial charge in [0.05, 0.1) is 31.1 Å². The van der Waals surface area contributed by atoms with Gasteiger partial charge in [0.1, 0.15) is 0 Å². The molecule has 0 amide bonds. The maximum Gasteiger partial charge on any atom is 0.332 e. The van der Waals surface area contributed by atoms with Crippen LogP contribution in [0.4, 0.5) is 0 Å². The number of hydrogen-bond acceptors (Lipinski definition) is 5. The highest BCUT2D eigenvalue weighted by molar-refractivity contribution is 7.78. The van der Waals surface area contributed by atoms with Crippen LogP contribution in [0, 0.1) is 11.8 Å². The van der Waals surface area contributed by atoms with E-state index in [0.29, 0.717) is 31.6 Å². The van der Waals surface area contributed by atoms with Crippen LogP contribution in [0.5, 0.6) is 0 Å². The van der Waals surface area contributed by atoms with E-state index in [4.69, 9.17) is 9.05 Å². The first-order valence-corrected chi connectivity index (χ1v) is 7.95. The summed E-state index contributed by atoms with van der Waals surface area (Å²) >= 11 is 4.46. The van der Waals surface area contributed by atoms with Crippen molar-refractivity contribution in [1.29, 1.82) is 0 Å². The van der Waals surface area contributed by atoms with Crippen molar-refractivity contribution in [2.75, 3.05) is 25.9 Å². The maximum absolute atomic E-state index is 12.3. The van der Waals surface area contributed by atoms with Gasteiger partial charge in [0, 0.05) is 0 Å². The van der Waals surface area contributed by atoms with E-state index in [-0.39, 0.29) is 6.16 Å². The fourth-order valence-corrected chi connectivity index (χ4v) is 2.73. The van der Waals surface area contributed by atoms with Gasteiger partial charge < -0.3 is 9.05 Å². The SMILES string of the molecule is CC(C)COP(=O)(CCN=C=S)OCC(C)C. The van der Waals surface area contributed by atoms with Gasteiger partial charge >= 0.3 is 7.60 Å². The third-order valence-corrected chi connectivity index (χ3v) is 3.72. The summed E-state index contributed by atoms with van der Waals surface area (Å²) in [4.78, 5) is 3.74. The number of thiocarbonyl (C=S) groups is 1.